The molecule has 0 fully saturated rings. The first-order chi connectivity index (χ1) is 13.9. The summed E-state index contributed by atoms with van der Waals surface area (Å²) in [5, 5.41) is 4.13. The number of fused-ring (bicyclic) bond motifs is 1. The molecular formula is C23H17ClFN3O. The van der Waals surface area contributed by atoms with Gasteiger partial charge in [-0.15, -0.1) is 0 Å². The van der Waals surface area contributed by atoms with Crippen molar-refractivity contribution in [1.82, 2.24) is 9.97 Å². The molecule has 0 saturated heterocycles. The monoisotopic (exact) mass is 405 g/mol. The minimum Gasteiger partial charge on any atom is -0.322 e. The molecule has 4 nitrogen and oxygen atoms in total. The molecule has 0 aliphatic rings. The van der Waals surface area contributed by atoms with Gasteiger partial charge in [-0.2, -0.15) is 0 Å². The van der Waals surface area contributed by atoms with Crippen molar-refractivity contribution in [2.24, 2.45) is 0 Å². The standard InChI is InChI=1S/C23H17ClFN3O/c1-13-11-15(25)6-9-19(13)28-23(29)17-12-21(20-5-3-4-10-26-20)27-22-14(2)18(24)8-7-16(17)22/h3-12H,1-2H3,(H,28,29). The number of nitrogens with one attached hydrogen (secondary N) is 1. The molecule has 0 aliphatic heterocycles. The Morgan fingerprint density at radius 2 is 1.86 bits per heavy atom. The number of hydrogen-bond donors (Lipinski definition) is 1. The fraction of sp³-hybridized carbons (Fsp3) is 0.0870. The SMILES string of the molecule is Cc1cc(F)ccc1NC(=O)c1cc(-c2ccccn2)nc2c(C)c(Cl)ccc12. The van der Waals surface area contributed by atoms with Crippen LogP contribution in [-0.4, -0.2) is 15.9 Å². The Morgan fingerprint density at radius 3 is 2.59 bits per heavy atom. The number of carbonyl (C=O) groups excluding carboxylic acids is 1. The molecule has 4 aromatic rings. The van der Waals surface area contributed by atoms with E-state index < -0.39 is 0 Å². The van der Waals surface area contributed by atoms with Crippen molar-refractivity contribution in [3.63, 3.8) is 0 Å². The number of hydrogen-bond acceptors (Lipinski definition) is 3. The maximum absolute atomic E-state index is 13.4. The lowest BCUT2D eigenvalue weighted by Gasteiger charge is -2.13. The fourth-order valence-electron chi connectivity index (χ4n) is 3.19. The van der Waals surface area contributed by atoms with Crippen molar-refractivity contribution in [3.8, 4) is 11.4 Å². The van der Waals surface area contributed by atoms with Crippen LogP contribution in [0.1, 0.15) is 21.5 Å². The molecule has 0 bridgehead atoms. The van der Waals surface area contributed by atoms with Crippen LogP contribution in [0.2, 0.25) is 5.02 Å². The Morgan fingerprint density at radius 1 is 1.03 bits per heavy atom. The third-order valence-corrected chi connectivity index (χ3v) is 5.19. The van der Waals surface area contributed by atoms with Gasteiger partial charge in [-0.1, -0.05) is 23.7 Å². The minimum absolute atomic E-state index is 0.314. The van der Waals surface area contributed by atoms with Crippen molar-refractivity contribution in [1.29, 1.82) is 0 Å². The van der Waals surface area contributed by atoms with Crippen LogP contribution in [0.3, 0.4) is 0 Å². The molecule has 0 spiro atoms. The average molecular weight is 406 g/mol. The van der Waals surface area contributed by atoms with E-state index in [0.717, 1.165) is 5.56 Å². The fourth-order valence-corrected chi connectivity index (χ4v) is 3.35. The Balaban J connectivity index is 1.88. The summed E-state index contributed by atoms with van der Waals surface area (Å²) in [6.07, 6.45) is 1.67. The summed E-state index contributed by atoms with van der Waals surface area (Å²) >= 11 is 6.29. The Kier molecular flexibility index (Phi) is 4.99. The second kappa shape index (κ2) is 7.60. The zero-order valence-corrected chi connectivity index (χ0v) is 16.6. The topological polar surface area (TPSA) is 54.9 Å². The molecule has 2 heterocycles. The maximum Gasteiger partial charge on any atom is 0.256 e. The van der Waals surface area contributed by atoms with E-state index in [4.69, 9.17) is 16.6 Å². The van der Waals surface area contributed by atoms with Gasteiger partial charge in [0.1, 0.15) is 5.82 Å². The molecule has 4 rings (SSSR count). The highest BCUT2D eigenvalue weighted by Gasteiger charge is 2.17. The smallest absolute Gasteiger partial charge is 0.256 e. The Bertz CT molecular complexity index is 1240. The van der Waals surface area contributed by atoms with Gasteiger partial charge in [-0.05, 0) is 67.4 Å². The molecule has 2 aromatic heterocycles. The molecular weight excluding hydrogens is 389 g/mol. The van der Waals surface area contributed by atoms with Crippen molar-refractivity contribution >= 4 is 34.1 Å². The summed E-state index contributed by atoms with van der Waals surface area (Å²) in [5.41, 5.74) is 4.28. The van der Waals surface area contributed by atoms with Crippen LogP contribution in [0.4, 0.5) is 10.1 Å². The average Bonchev–Trinajstić information content (AvgIpc) is 2.72. The van der Waals surface area contributed by atoms with Gasteiger partial charge in [0, 0.05) is 22.3 Å². The van der Waals surface area contributed by atoms with Crippen molar-refractivity contribution < 1.29 is 9.18 Å². The third-order valence-electron chi connectivity index (χ3n) is 4.78. The number of aromatic nitrogens is 2. The van der Waals surface area contributed by atoms with E-state index in [0.29, 0.717) is 44.1 Å². The van der Waals surface area contributed by atoms with Crippen LogP contribution in [0.5, 0.6) is 0 Å². The van der Waals surface area contributed by atoms with Gasteiger partial charge in [0.2, 0.25) is 0 Å². The lowest BCUT2D eigenvalue weighted by molar-refractivity contribution is 0.102. The first-order valence-corrected chi connectivity index (χ1v) is 9.40. The quantitative estimate of drug-likeness (QED) is 0.457. The molecule has 0 atom stereocenters. The van der Waals surface area contributed by atoms with Crippen LogP contribution in [0, 0.1) is 19.7 Å². The molecule has 0 unspecified atom stereocenters. The van der Waals surface area contributed by atoms with E-state index >= 15 is 0 Å². The van der Waals surface area contributed by atoms with Gasteiger partial charge in [0.05, 0.1) is 22.5 Å². The number of rotatable bonds is 3. The van der Waals surface area contributed by atoms with Crippen LogP contribution >= 0.6 is 11.6 Å². The van der Waals surface area contributed by atoms with Gasteiger partial charge < -0.3 is 5.32 Å². The summed E-state index contributed by atoms with van der Waals surface area (Å²) in [7, 11) is 0. The second-order valence-electron chi connectivity index (χ2n) is 6.75. The minimum atomic E-state index is -0.349. The maximum atomic E-state index is 13.4. The number of aryl methyl sites for hydroxylation is 2. The van der Waals surface area contributed by atoms with Crippen molar-refractivity contribution in [2.45, 2.75) is 13.8 Å². The second-order valence-corrected chi connectivity index (χ2v) is 7.16. The molecule has 1 N–H and O–H groups in total. The van der Waals surface area contributed by atoms with Gasteiger partial charge >= 0.3 is 0 Å². The predicted octanol–water partition coefficient (Wildman–Crippen LogP) is 5.96. The number of benzene rings is 2. The molecule has 0 aliphatic carbocycles. The number of pyridine rings is 2. The van der Waals surface area contributed by atoms with Crippen molar-refractivity contribution in [2.75, 3.05) is 5.32 Å². The number of carbonyl (C=O) groups is 1. The third kappa shape index (κ3) is 3.69. The molecule has 6 heteroatoms. The summed E-state index contributed by atoms with van der Waals surface area (Å²) < 4.78 is 13.4. The Labute approximate surface area is 172 Å². The van der Waals surface area contributed by atoms with Crippen LogP contribution in [0.15, 0.2) is 60.8 Å². The van der Waals surface area contributed by atoms with E-state index in [9.17, 15) is 9.18 Å². The van der Waals surface area contributed by atoms with E-state index in [1.54, 1.807) is 37.4 Å². The zero-order chi connectivity index (χ0) is 20.5. The van der Waals surface area contributed by atoms with Gasteiger partial charge in [0.25, 0.3) is 5.91 Å². The highest BCUT2D eigenvalue weighted by Crippen LogP contribution is 2.30. The van der Waals surface area contributed by atoms with Gasteiger partial charge in [0.15, 0.2) is 0 Å². The lowest BCUT2D eigenvalue weighted by atomic mass is 10.0. The number of anilines is 1. The summed E-state index contributed by atoms with van der Waals surface area (Å²) in [4.78, 5) is 22.2. The molecule has 0 radical (unpaired) electrons. The van der Waals surface area contributed by atoms with E-state index in [1.807, 2.05) is 25.1 Å². The molecule has 144 valence electrons. The van der Waals surface area contributed by atoms with E-state index in [1.165, 1.54) is 12.1 Å². The number of nitrogens with zero attached hydrogens (tertiary/aromatic N) is 2. The van der Waals surface area contributed by atoms with Crippen LogP contribution < -0.4 is 5.32 Å². The molecule has 0 saturated carbocycles. The number of halogens is 2. The summed E-state index contributed by atoms with van der Waals surface area (Å²) in [6.45, 7) is 3.61. The first-order valence-electron chi connectivity index (χ1n) is 9.03. The zero-order valence-electron chi connectivity index (χ0n) is 15.8. The van der Waals surface area contributed by atoms with Gasteiger partial charge in [-0.25, -0.2) is 9.37 Å². The van der Waals surface area contributed by atoms with Crippen LogP contribution in [-0.2, 0) is 0 Å². The first kappa shape index (κ1) is 19.0. The molecule has 2 aromatic carbocycles. The van der Waals surface area contributed by atoms with Gasteiger partial charge in [-0.3, -0.25) is 9.78 Å². The highest BCUT2D eigenvalue weighted by atomic mass is 35.5. The van der Waals surface area contributed by atoms with Crippen LogP contribution in [0.25, 0.3) is 22.3 Å². The highest BCUT2D eigenvalue weighted by molar-refractivity contribution is 6.32. The largest absolute Gasteiger partial charge is 0.322 e. The Hall–Kier alpha value is -3.31. The lowest BCUT2D eigenvalue weighted by Crippen LogP contribution is -2.14. The predicted molar refractivity (Wildman–Crippen MR) is 114 cm³/mol. The van der Waals surface area contributed by atoms with E-state index in [-0.39, 0.29) is 11.7 Å². The summed E-state index contributed by atoms with van der Waals surface area (Å²) in [6, 6.07) is 15.0. The van der Waals surface area contributed by atoms with E-state index in [2.05, 4.69) is 10.3 Å². The summed E-state index contributed by atoms with van der Waals surface area (Å²) in [5.74, 6) is -0.663. The normalized spacial score (nSPS) is 10.9. The van der Waals surface area contributed by atoms with Crippen molar-refractivity contribution in [3.05, 3.63) is 88.3 Å². The molecule has 29 heavy (non-hydrogen) atoms. The molecule has 1 amide bonds. The number of amides is 1.